The lowest BCUT2D eigenvalue weighted by molar-refractivity contribution is -0.145. The number of imidazole rings is 1. The van der Waals surface area contributed by atoms with Crippen molar-refractivity contribution in [2.75, 3.05) is 24.5 Å². The van der Waals surface area contributed by atoms with Gasteiger partial charge in [-0.15, -0.1) is 0 Å². The first-order chi connectivity index (χ1) is 14.1. The smallest absolute Gasteiger partial charge is 0.233 e. The van der Waals surface area contributed by atoms with E-state index < -0.39 is 5.41 Å². The molecule has 2 aromatic heterocycles. The molecule has 6 nitrogen and oxygen atoms in total. The number of H-pyrrole nitrogens is 1. The molecule has 1 fully saturated rings. The Kier molecular flexibility index (Phi) is 4.30. The van der Waals surface area contributed by atoms with Crippen molar-refractivity contribution in [1.29, 1.82) is 0 Å². The van der Waals surface area contributed by atoms with Gasteiger partial charge in [0.05, 0.1) is 29.7 Å². The summed E-state index contributed by atoms with van der Waals surface area (Å²) < 4.78 is 14.4. The molecule has 1 amide bonds. The van der Waals surface area contributed by atoms with Crippen LogP contribution >= 0.6 is 0 Å². The highest BCUT2D eigenvalue weighted by molar-refractivity contribution is 5.87. The second kappa shape index (κ2) is 6.99. The first kappa shape index (κ1) is 17.8. The topological polar surface area (TPSA) is 65.1 Å². The van der Waals surface area contributed by atoms with Gasteiger partial charge in [-0.2, -0.15) is 0 Å². The maximum Gasteiger partial charge on any atom is 0.233 e. The molecule has 1 N–H and O–H groups in total. The zero-order chi connectivity index (χ0) is 19.8. The van der Waals surface area contributed by atoms with Gasteiger partial charge in [0.2, 0.25) is 5.91 Å². The average molecular weight is 391 g/mol. The Hall–Kier alpha value is -3.22. The van der Waals surface area contributed by atoms with Crippen LogP contribution in [0.25, 0.3) is 0 Å². The number of aromatic nitrogens is 3. The van der Waals surface area contributed by atoms with Crippen LogP contribution in [0.5, 0.6) is 0 Å². The highest BCUT2D eigenvalue weighted by Gasteiger charge is 2.51. The number of halogens is 1. The van der Waals surface area contributed by atoms with Crippen molar-refractivity contribution in [3.63, 3.8) is 0 Å². The van der Waals surface area contributed by atoms with Crippen LogP contribution in [-0.4, -0.2) is 45.4 Å². The largest absolute Gasteiger partial charge is 0.369 e. The van der Waals surface area contributed by atoms with Crippen LogP contribution in [0, 0.1) is 11.2 Å². The molecule has 148 valence electrons. The number of fused-ring (bicyclic) bond motifs is 1. The number of nitrogens with one attached hydrogen (secondary N) is 1. The van der Waals surface area contributed by atoms with E-state index in [9.17, 15) is 9.18 Å². The van der Waals surface area contributed by atoms with Gasteiger partial charge in [-0.1, -0.05) is 18.2 Å². The monoisotopic (exact) mass is 391 g/mol. The summed E-state index contributed by atoms with van der Waals surface area (Å²) in [5.74, 6) is -0.164. The summed E-state index contributed by atoms with van der Waals surface area (Å²) in [4.78, 5) is 29.2. The molecular weight excluding hydrogens is 369 g/mol. The van der Waals surface area contributed by atoms with Gasteiger partial charge in [-0.3, -0.25) is 9.78 Å². The molecule has 2 aliphatic heterocycles. The van der Waals surface area contributed by atoms with Crippen molar-refractivity contribution in [3.8, 4) is 0 Å². The molecule has 1 aromatic carbocycles. The van der Waals surface area contributed by atoms with E-state index in [2.05, 4.69) is 19.9 Å². The molecule has 0 unspecified atom stereocenters. The molecule has 2 aliphatic rings. The van der Waals surface area contributed by atoms with Gasteiger partial charge < -0.3 is 14.8 Å². The molecule has 3 aromatic rings. The number of pyridine rings is 1. The van der Waals surface area contributed by atoms with E-state index in [0.29, 0.717) is 38.2 Å². The van der Waals surface area contributed by atoms with E-state index >= 15 is 0 Å². The zero-order valence-electron chi connectivity index (χ0n) is 16.0. The van der Waals surface area contributed by atoms with Crippen molar-refractivity contribution < 1.29 is 9.18 Å². The van der Waals surface area contributed by atoms with Gasteiger partial charge >= 0.3 is 0 Å². The second-order valence-corrected chi connectivity index (χ2v) is 7.91. The molecule has 7 heteroatoms. The molecule has 29 heavy (non-hydrogen) atoms. The van der Waals surface area contributed by atoms with Gasteiger partial charge in [-0.25, -0.2) is 9.37 Å². The lowest BCUT2D eigenvalue weighted by Gasteiger charge is -2.52. The summed E-state index contributed by atoms with van der Waals surface area (Å²) in [5.41, 5.74) is 3.02. The van der Waals surface area contributed by atoms with E-state index in [-0.39, 0.29) is 11.7 Å². The Morgan fingerprint density at radius 1 is 1.17 bits per heavy atom. The number of aromatic amines is 1. The number of nitrogens with zero attached hydrogens (tertiary/aromatic N) is 4. The second-order valence-electron chi connectivity index (χ2n) is 7.91. The van der Waals surface area contributed by atoms with Gasteiger partial charge in [0.15, 0.2) is 0 Å². The molecule has 0 atom stereocenters. The van der Waals surface area contributed by atoms with E-state index in [1.54, 1.807) is 30.9 Å². The first-order valence-corrected chi connectivity index (χ1v) is 9.83. The van der Waals surface area contributed by atoms with Crippen molar-refractivity contribution in [3.05, 3.63) is 77.9 Å². The third kappa shape index (κ3) is 3.16. The Balaban J connectivity index is 1.42. The number of rotatable bonds is 4. The van der Waals surface area contributed by atoms with Gasteiger partial charge in [0, 0.05) is 44.1 Å². The van der Waals surface area contributed by atoms with Crippen LogP contribution in [0.15, 0.2) is 55.1 Å². The minimum Gasteiger partial charge on any atom is -0.369 e. The SMILES string of the molecule is O=C(N1CCc2nc[nH]c2C1)C1(Cc2ccccc2F)CN(c2ccncc2)C1. The molecule has 0 saturated carbocycles. The average Bonchev–Trinajstić information content (AvgIpc) is 3.20. The predicted octanol–water partition coefficient (Wildman–Crippen LogP) is 2.58. The fourth-order valence-electron chi connectivity index (χ4n) is 4.47. The Morgan fingerprint density at radius 3 is 2.76 bits per heavy atom. The third-order valence-electron chi connectivity index (χ3n) is 6.02. The van der Waals surface area contributed by atoms with Gasteiger partial charge in [0.25, 0.3) is 0 Å². The maximum absolute atomic E-state index is 14.4. The predicted molar refractivity (Wildman–Crippen MR) is 107 cm³/mol. The quantitative estimate of drug-likeness (QED) is 0.743. The number of carbonyl (C=O) groups is 1. The fourth-order valence-corrected chi connectivity index (χ4v) is 4.47. The molecule has 4 heterocycles. The minimum absolute atomic E-state index is 0.0892. The van der Waals surface area contributed by atoms with E-state index in [0.717, 1.165) is 23.5 Å². The van der Waals surface area contributed by atoms with Crippen LogP contribution in [-0.2, 0) is 24.2 Å². The molecule has 0 spiro atoms. The molecule has 0 aliphatic carbocycles. The van der Waals surface area contributed by atoms with Crippen molar-refractivity contribution in [1.82, 2.24) is 19.9 Å². The lowest BCUT2D eigenvalue weighted by Crippen LogP contribution is -2.65. The number of amides is 1. The number of hydrogen-bond acceptors (Lipinski definition) is 4. The number of benzene rings is 1. The highest BCUT2D eigenvalue weighted by Crippen LogP contribution is 2.40. The molecule has 0 radical (unpaired) electrons. The van der Waals surface area contributed by atoms with Crippen LogP contribution in [0.1, 0.15) is 17.0 Å². The summed E-state index contributed by atoms with van der Waals surface area (Å²) in [6.45, 7) is 2.31. The minimum atomic E-state index is -0.636. The Labute approximate surface area is 168 Å². The van der Waals surface area contributed by atoms with Crippen molar-refractivity contribution in [2.45, 2.75) is 19.4 Å². The summed E-state index contributed by atoms with van der Waals surface area (Å²) in [6.07, 6.45) is 6.32. The molecule has 1 saturated heterocycles. The fraction of sp³-hybridized carbons (Fsp3) is 0.318. The lowest BCUT2D eigenvalue weighted by atomic mass is 9.72. The number of hydrogen-bond donors (Lipinski definition) is 1. The van der Waals surface area contributed by atoms with Crippen molar-refractivity contribution in [2.24, 2.45) is 5.41 Å². The standard InChI is InChI=1S/C22H22FN5O/c23-18-4-2-1-3-16(18)11-22(13-28(14-22)17-5-8-24-9-6-17)21(29)27-10-7-19-20(12-27)26-15-25-19/h1-6,8-9,15H,7,10-14H2,(H,25,26). The van der Waals surface area contributed by atoms with Gasteiger partial charge in [0.1, 0.15) is 5.82 Å². The molecule has 5 rings (SSSR count). The maximum atomic E-state index is 14.4. The first-order valence-electron chi connectivity index (χ1n) is 9.83. The van der Waals surface area contributed by atoms with E-state index in [4.69, 9.17) is 0 Å². The highest BCUT2D eigenvalue weighted by atomic mass is 19.1. The van der Waals surface area contributed by atoms with Gasteiger partial charge in [-0.05, 0) is 30.2 Å². The van der Waals surface area contributed by atoms with Crippen LogP contribution in [0.2, 0.25) is 0 Å². The molecular formula is C22H22FN5O. The summed E-state index contributed by atoms with van der Waals surface area (Å²) in [5, 5.41) is 0. The van der Waals surface area contributed by atoms with Crippen LogP contribution in [0.3, 0.4) is 0 Å². The summed E-state index contributed by atoms with van der Waals surface area (Å²) in [6, 6.07) is 10.6. The van der Waals surface area contributed by atoms with Crippen LogP contribution in [0.4, 0.5) is 10.1 Å². The van der Waals surface area contributed by atoms with E-state index in [1.165, 1.54) is 6.07 Å². The summed E-state index contributed by atoms with van der Waals surface area (Å²) in [7, 11) is 0. The van der Waals surface area contributed by atoms with E-state index in [1.807, 2.05) is 23.1 Å². The third-order valence-corrected chi connectivity index (χ3v) is 6.02. The Morgan fingerprint density at radius 2 is 1.97 bits per heavy atom. The number of anilines is 1. The number of carbonyl (C=O) groups excluding carboxylic acids is 1. The zero-order valence-corrected chi connectivity index (χ0v) is 16.0. The molecule has 0 bridgehead atoms. The Bertz CT molecular complexity index is 1030. The summed E-state index contributed by atoms with van der Waals surface area (Å²) >= 11 is 0. The van der Waals surface area contributed by atoms with Crippen LogP contribution < -0.4 is 4.90 Å². The van der Waals surface area contributed by atoms with Crippen molar-refractivity contribution >= 4 is 11.6 Å². The normalized spacial score (nSPS) is 17.6.